The number of oxazole rings is 1. The Hall–Kier alpha value is -1.00. The van der Waals surface area contributed by atoms with E-state index in [1.54, 1.807) is 0 Å². The molecule has 4 heteroatoms. The van der Waals surface area contributed by atoms with Gasteiger partial charge in [0.25, 0.3) is 0 Å². The van der Waals surface area contributed by atoms with Gasteiger partial charge in [0.05, 0.1) is 0 Å². The van der Waals surface area contributed by atoms with Crippen LogP contribution in [0.1, 0.15) is 11.5 Å². The molecule has 1 aromatic carbocycles. The van der Waals surface area contributed by atoms with E-state index in [1.165, 1.54) is 11.3 Å². The van der Waals surface area contributed by atoms with Gasteiger partial charge in [0, 0.05) is 30.5 Å². The first-order valence-electron chi connectivity index (χ1n) is 5.99. The lowest BCUT2D eigenvalue weighted by Crippen LogP contribution is -2.38. The van der Waals surface area contributed by atoms with Crippen molar-refractivity contribution >= 4 is 22.9 Å². The van der Waals surface area contributed by atoms with Gasteiger partial charge in [-0.05, 0) is 18.6 Å². The molecule has 90 valence electrons. The van der Waals surface area contributed by atoms with Crippen molar-refractivity contribution < 1.29 is 4.42 Å². The molecule has 3 nitrogen and oxygen atoms in total. The van der Waals surface area contributed by atoms with Crippen LogP contribution in [-0.4, -0.2) is 29.1 Å². The van der Waals surface area contributed by atoms with Crippen LogP contribution in [0.5, 0.6) is 0 Å². The fourth-order valence-corrected chi connectivity index (χ4v) is 3.13. The van der Waals surface area contributed by atoms with Crippen molar-refractivity contribution in [3.63, 3.8) is 0 Å². The number of nitrogens with one attached hydrogen (secondary N) is 1. The van der Waals surface area contributed by atoms with E-state index in [0.717, 1.165) is 35.7 Å². The molecular weight excluding hydrogens is 232 g/mol. The first-order chi connectivity index (χ1) is 8.33. The van der Waals surface area contributed by atoms with Crippen molar-refractivity contribution in [2.75, 3.05) is 18.1 Å². The Balaban J connectivity index is 1.83. The van der Waals surface area contributed by atoms with Gasteiger partial charge in [-0.2, -0.15) is 11.8 Å². The fourth-order valence-electron chi connectivity index (χ4n) is 2.18. The summed E-state index contributed by atoms with van der Waals surface area (Å²) in [6.07, 6.45) is 0.890. The average molecular weight is 248 g/mol. The van der Waals surface area contributed by atoms with Crippen LogP contribution >= 0.6 is 11.8 Å². The smallest absolute Gasteiger partial charge is 0.197 e. The maximum atomic E-state index is 5.79. The molecule has 2 aromatic rings. The van der Waals surface area contributed by atoms with E-state index in [1.807, 2.05) is 23.9 Å². The third-order valence-corrected chi connectivity index (χ3v) is 4.22. The summed E-state index contributed by atoms with van der Waals surface area (Å²) in [5.74, 6) is 3.22. The van der Waals surface area contributed by atoms with E-state index >= 15 is 0 Å². The zero-order chi connectivity index (χ0) is 11.7. The number of rotatable bonds is 2. The monoisotopic (exact) mass is 248 g/mol. The summed E-state index contributed by atoms with van der Waals surface area (Å²) in [5, 5.41) is 3.51. The van der Waals surface area contributed by atoms with Gasteiger partial charge in [0.15, 0.2) is 11.5 Å². The largest absolute Gasteiger partial charge is 0.441 e. The SMILES string of the molecule is Cc1cccc2oc(CC3CSCCN3)nc12. The molecule has 0 spiro atoms. The summed E-state index contributed by atoms with van der Waals surface area (Å²) >= 11 is 2.00. The molecule has 1 aliphatic heterocycles. The first-order valence-corrected chi connectivity index (χ1v) is 7.14. The normalized spacial score (nSPS) is 20.9. The molecule has 3 rings (SSSR count). The number of aryl methyl sites for hydroxylation is 1. The third kappa shape index (κ3) is 2.33. The molecule has 1 aliphatic rings. The molecule has 0 saturated carbocycles. The topological polar surface area (TPSA) is 38.1 Å². The molecule has 0 radical (unpaired) electrons. The standard InChI is InChI=1S/C13H16N2OS/c1-9-3-2-4-11-13(9)15-12(16-11)7-10-8-17-6-5-14-10/h2-4,10,14H,5-8H2,1H3. The molecular formula is C13H16N2OS. The minimum absolute atomic E-state index is 0.502. The van der Waals surface area contributed by atoms with E-state index in [9.17, 15) is 0 Å². The van der Waals surface area contributed by atoms with Gasteiger partial charge in [0.2, 0.25) is 0 Å². The lowest BCUT2D eigenvalue weighted by Gasteiger charge is -2.21. The van der Waals surface area contributed by atoms with Crippen LogP contribution in [0, 0.1) is 6.92 Å². The zero-order valence-electron chi connectivity index (χ0n) is 9.90. The number of aromatic nitrogens is 1. The van der Waals surface area contributed by atoms with E-state index < -0.39 is 0 Å². The van der Waals surface area contributed by atoms with Crippen molar-refractivity contribution in [2.24, 2.45) is 0 Å². The molecule has 1 N–H and O–H groups in total. The van der Waals surface area contributed by atoms with Crippen LogP contribution in [0.25, 0.3) is 11.1 Å². The van der Waals surface area contributed by atoms with Crippen LogP contribution in [-0.2, 0) is 6.42 Å². The average Bonchev–Trinajstić information content (AvgIpc) is 2.74. The van der Waals surface area contributed by atoms with Crippen molar-refractivity contribution in [3.05, 3.63) is 29.7 Å². The van der Waals surface area contributed by atoms with Crippen molar-refractivity contribution in [1.82, 2.24) is 10.3 Å². The Kier molecular flexibility index (Phi) is 3.07. The van der Waals surface area contributed by atoms with Crippen molar-refractivity contribution in [2.45, 2.75) is 19.4 Å². The number of thioether (sulfide) groups is 1. The van der Waals surface area contributed by atoms with Gasteiger partial charge in [0.1, 0.15) is 5.52 Å². The molecule has 0 bridgehead atoms. The summed E-state index contributed by atoms with van der Waals surface area (Å²) in [7, 11) is 0. The number of fused-ring (bicyclic) bond motifs is 1. The van der Waals surface area contributed by atoms with Crippen molar-refractivity contribution in [1.29, 1.82) is 0 Å². The molecule has 0 aliphatic carbocycles. The minimum Gasteiger partial charge on any atom is -0.441 e. The quantitative estimate of drug-likeness (QED) is 0.885. The molecule has 1 unspecified atom stereocenters. The Bertz CT molecular complexity index is 517. The van der Waals surface area contributed by atoms with Gasteiger partial charge in [-0.3, -0.25) is 0 Å². The van der Waals surface area contributed by atoms with Crippen LogP contribution in [0.3, 0.4) is 0 Å². The Morgan fingerprint density at radius 2 is 2.47 bits per heavy atom. The molecule has 2 heterocycles. The summed E-state index contributed by atoms with van der Waals surface area (Å²) in [4.78, 5) is 4.59. The highest BCUT2D eigenvalue weighted by Gasteiger charge is 2.17. The van der Waals surface area contributed by atoms with Gasteiger partial charge in [-0.15, -0.1) is 0 Å². The second kappa shape index (κ2) is 4.70. The predicted octanol–water partition coefficient (Wildman–Crippen LogP) is 2.38. The summed E-state index contributed by atoms with van der Waals surface area (Å²) in [6.45, 7) is 3.16. The minimum atomic E-state index is 0.502. The predicted molar refractivity (Wildman–Crippen MR) is 71.6 cm³/mol. The number of para-hydroxylation sites is 1. The summed E-state index contributed by atoms with van der Waals surface area (Å²) < 4.78 is 5.79. The molecule has 1 fully saturated rings. The Labute approximate surface area is 105 Å². The second-order valence-electron chi connectivity index (χ2n) is 4.46. The lowest BCUT2D eigenvalue weighted by atomic mass is 10.2. The van der Waals surface area contributed by atoms with Crippen LogP contribution in [0.2, 0.25) is 0 Å². The number of nitrogens with zero attached hydrogens (tertiary/aromatic N) is 1. The van der Waals surface area contributed by atoms with Crippen molar-refractivity contribution in [3.8, 4) is 0 Å². The lowest BCUT2D eigenvalue weighted by molar-refractivity contribution is 0.469. The highest BCUT2D eigenvalue weighted by Crippen LogP contribution is 2.20. The first kappa shape index (κ1) is 11.1. The summed E-state index contributed by atoms with van der Waals surface area (Å²) in [6, 6.07) is 6.58. The van der Waals surface area contributed by atoms with E-state index in [4.69, 9.17) is 4.42 Å². The third-order valence-electron chi connectivity index (χ3n) is 3.08. The number of benzene rings is 1. The summed E-state index contributed by atoms with van der Waals surface area (Å²) in [5.41, 5.74) is 3.10. The van der Waals surface area contributed by atoms with Crippen LogP contribution < -0.4 is 5.32 Å². The van der Waals surface area contributed by atoms with Gasteiger partial charge >= 0.3 is 0 Å². The Morgan fingerprint density at radius 1 is 1.53 bits per heavy atom. The van der Waals surface area contributed by atoms with Gasteiger partial charge in [-0.25, -0.2) is 4.98 Å². The molecule has 1 aromatic heterocycles. The highest BCUT2D eigenvalue weighted by atomic mass is 32.2. The molecule has 17 heavy (non-hydrogen) atoms. The Morgan fingerprint density at radius 3 is 3.24 bits per heavy atom. The fraction of sp³-hybridized carbons (Fsp3) is 0.462. The zero-order valence-corrected chi connectivity index (χ0v) is 10.7. The van der Waals surface area contributed by atoms with E-state index in [2.05, 4.69) is 23.3 Å². The molecule has 1 saturated heterocycles. The maximum Gasteiger partial charge on any atom is 0.197 e. The van der Waals surface area contributed by atoms with Gasteiger partial charge < -0.3 is 9.73 Å². The van der Waals surface area contributed by atoms with Crippen LogP contribution in [0.15, 0.2) is 22.6 Å². The van der Waals surface area contributed by atoms with E-state index in [-0.39, 0.29) is 0 Å². The maximum absolute atomic E-state index is 5.79. The molecule has 1 atom stereocenters. The second-order valence-corrected chi connectivity index (χ2v) is 5.61. The number of hydrogen-bond donors (Lipinski definition) is 1. The van der Waals surface area contributed by atoms with Gasteiger partial charge in [-0.1, -0.05) is 12.1 Å². The number of hydrogen-bond acceptors (Lipinski definition) is 4. The molecule has 0 amide bonds. The van der Waals surface area contributed by atoms with Crippen LogP contribution in [0.4, 0.5) is 0 Å². The van der Waals surface area contributed by atoms with E-state index in [0.29, 0.717) is 6.04 Å². The highest BCUT2D eigenvalue weighted by molar-refractivity contribution is 7.99.